The first-order valence-electron chi connectivity index (χ1n) is 12.9. The third kappa shape index (κ3) is 5.09. The summed E-state index contributed by atoms with van der Waals surface area (Å²) in [5.41, 5.74) is 2.04. The number of hydrogen-bond donors (Lipinski definition) is 1. The molecule has 1 aromatic rings. The number of unbranched alkanes of at least 4 members (excludes halogenated alkanes) is 1. The predicted octanol–water partition coefficient (Wildman–Crippen LogP) is 3.75. The van der Waals surface area contributed by atoms with Gasteiger partial charge >= 0.3 is 10.2 Å². The Morgan fingerprint density at radius 1 is 1.09 bits per heavy atom. The first kappa shape index (κ1) is 23.9. The van der Waals surface area contributed by atoms with E-state index in [1.165, 1.54) is 70.3 Å². The van der Waals surface area contributed by atoms with E-state index in [1.807, 2.05) is 0 Å². The number of fused-ring (bicyclic) bond motifs is 6. The molecule has 1 aliphatic carbocycles. The second-order valence-corrected chi connectivity index (χ2v) is 11.8. The molecule has 0 aromatic heterocycles. The van der Waals surface area contributed by atoms with Crippen LogP contribution in [-0.4, -0.2) is 68.9 Å². The van der Waals surface area contributed by atoms with Gasteiger partial charge in [0.1, 0.15) is 0 Å². The van der Waals surface area contributed by atoms with Gasteiger partial charge in [-0.1, -0.05) is 18.1 Å². The Morgan fingerprint density at radius 2 is 1.91 bits per heavy atom. The SMILES string of the molecule is O=C(NCCCCN1CCCC2=C[C@H]3C[C@H](CN4CCCC[C@H]34)[C@@H]21)c1ccc(S(=O)(=O)F)cc1. The number of halogens is 1. The monoisotopic (exact) mass is 489 g/mol. The highest BCUT2D eigenvalue weighted by Gasteiger charge is 2.45. The molecule has 6 nitrogen and oxygen atoms in total. The molecule has 4 atom stereocenters. The van der Waals surface area contributed by atoms with Crippen LogP contribution in [-0.2, 0) is 10.2 Å². The van der Waals surface area contributed by atoms with E-state index in [1.54, 1.807) is 5.57 Å². The van der Waals surface area contributed by atoms with Gasteiger partial charge in [-0.15, -0.1) is 3.89 Å². The Bertz CT molecular complexity index is 1030. The van der Waals surface area contributed by atoms with Crippen LogP contribution in [0.25, 0.3) is 0 Å². The minimum Gasteiger partial charge on any atom is -0.352 e. The van der Waals surface area contributed by atoms with Crippen LogP contribution in [0.15, 0.2) is 40.8 Å². The maximum absolute atomic E-state index is 13.0. The molecule has 8 heteroatoms. The highest BCUT2D eigenvalue weighted by molar-refractivity contribution is 7.86. The van der Waals surface area contributed by atoms with Gasteiger partial charge in [0.15, 0.2) is 0 Å². The summed E-state index contributed by atoms with van der Waals surface area (Å²) in [5.74, 6) is 1.26. The van der Waals surface area contributed by atoms with Crippen molar-refractivity contribution >= 4 is 16.1 Å². The van der Waals surface area contributed by atoms with Crippen molar-refractivity contribution < 1.29 is 17.1 Å². The Balaban J connectivity index is 1.11. The standard InChI is InChI=1S/C26H36FN3O3S/c27-34(32,33)23-10-8-19(9-11-23)26(31)28-12-2-4-13-29-15-5-6-20-16-21-17-22(25(20)29)18-30-14-3-1-7-24(21)30/h8-11,16,21-22,24-25H,1-7,12-15,17-18H2,(H,28,31)/t21-,22+,24+,25+/m0/s1. The highest BCUT2D eigenvalue weighted by atomic mass is 32.3. The molecule has 34 heavy (non-hydrogen) atoms. The van der Waals surface area contributed by atoms with E-state index in [4.69, 9.17) is 0 Å². The van der Waals surface area contributed by atoms with E-state index in [9.17, 15) is 17.1 Å². The minimum atomic E-state index is -4.74. The third-order valence-corrected chi connectivity index (χ3v) is 9.15. The summed E-state index contributed by atoms with van der Waals surface area (Å²) in [6, 6.07) is 6.33. The van der Waals surface area contributed by atoms with Crippen LogP contribution < -0.4 is 5.32 Å². The van der Waals surface area contributed by atoms with Crippen molar-refractivity contribution in [3.63, 3.8) is 0 Å². The van der Waals surface area contributed by atoms with Crippen molar-refractivity contribution in [3.8, 4) is 0 Å². The van der Waals surface area contributed by atoms with E-state index in [2.05, 4.69) is 21.2 Å². The topological polar surface area (TPSA) is 69.7 Å². The second-order valence-electron chi connectivity index (χ2n) is 10.5. The van der Waals surface area contributed by atoms with Gasteiger partial charge in [-0.3, -0.25) is 14.6 Å². The van der Waals surface area contributed by atoms with Crippen molar-refractivity contribution in [3.05, 3.63) is 41.5 Å². The van der Waals surface area contributed by atoms with Gasteiger partial charge in [0.05, 0.1) is 4.90 Å². The Kier molecular flexibility index (Phi) is 7.09. The zero-order valence-corrected chi connectivity index (χ0v) is 20.6. The van der Waals surface area contributed by atoms with Gasteiger partial charge < -0.3 is 5.32 Å². The summed E-state index contributed by atoms with van der Waals surface area (Å²) in [7, 11) is -4.74. The van der Waals surface area contributed by atoms with Gasteiger partial charge in [0, 0.05) is 30.7 Å². The summed E-state index contributed by atoms with van der Waals surface area (Å²) in [5, 5.41) is 2.90. The van der Waals surface area contributed by atoms with Gasteiger partial charge in [-0.25, -0.2) is 0 Å². The lowest BCUT2D eigenvalue weighted by Gasteiger charge is -2.55. The number of nitrogens with zero attached hydrogens (tertiary/aromatic N) is 2. The fourth-order valence-corrected chi connectivity index (χ4v) is 7.31. The summed E-state index contributed by atoms with van der Waals surface area (Å²) in [6.07, 6.45) is 12.6. The zero-order chi connectivity index (χ0) is 23.7. The van der Waals surface area contributed by atoms with Crippen LogP contribution in [0.5, 0.6) is 0 Å². The number of nitrogens with one attached hydrogen (secondary N) is 1. The molecule has 1 amide bonds. The lowest BCUT2D eigenvalue weighted by Crippen LogP contribution is -2.59. The van der Waals surface area contributed by atoms with Crippen molar-refractivity contribution in [2.24, 2.45) is 11.8 Å². The second kappa shape index (κ2) is 10.1. The third-order valence-electron chi connectivity index (χ3n) is 8.32. The maximum atomic E-state index is 13.0. The quantitative estimate of drug-likeness (QED) is 0.359. The molecule has 0 saturated carbocycles. The smallest absolute Gasteiger partial charge is 0.332 e. The molecule has 0 radical (unpaired) electrons. The average Bonchev–Trinajstić information content (AvgIpc) is 2.83. The van der Waals surface area contributed by atoms with E-state index in [-0.39, 0.29) is 5.91 Å². The summed E-state index contributed by atoms with van der Waals surface area (Å²) in [6.45, 7) is 5.34. The van der Waals surface area contributed by atoms with Crippen LogP contribution in [0.3, 0.4) is 0 Å². The predicted molar refractivity (Wildman–Crippen MR) is 130 cm³/mol. The largest absolute Gasteiger partial charge is 0.352 e. The fraction of sp³-hybridized carbons (Fsp3) is 0.654. The zero-order valence-electron chi connectivity index (χ0n) is 19.8. The van der Waals surface area contributed by atoms with Crippen molar-refractivity contribution in [2.45, 2.75) is 68.3 Å². The Morgan fingerprint density at radius 3 is 2.71 bits per heavy atom. The minimum absolute atomic E-state index is 0.261. The first-order valence-corrected chi connectivity index (χ1v) is 14.3. The number of amides is 1. The van der Waals surface area contributed by atoms with E-state index < -0.39 is 15.1 Å². The van der Waals surface area contributed by atoms with E-state index in [0.29, 0.717) is 18.2 Å². The molecule has 3 saturated heterocycles. The molecule has 3 aliphatic heterocycles. The lowest BCUT2D eigenvalue weighted by atomic mass is 9.68. The molecule has 0 unspecified atom stereocenters. The van der Waals surface area contributed by atoms with Crippen LogP contribution in [0, 0.1) is 11.8 Å². The molecule has 5 rings (SSSR count). The number of carbonyl (C=O) groups excluding carboxylic acids is 1. The van der Waals surface area contributed by atoms with Gasteiger partial charge in [0.2, 0.25) is 0 Å². The van der Waals surface area contributed by atoms with Gasteiger partial charge in [-0.05, 0) is 101 Å². The molecular formula is C26H36FN3O3S. The van der Waals surface area contributed by atoms with Crippen molar-refractivity contribution in [2.75, 3.05) is 32.7 Å². The maximum Gasteiger partial charge on any atom is 0.332 e. The summed E-state index contributed by atoms with van der Waals surface area (Å²) < 4.78 is 34.8. The normalized spacial score (nSPS) is 29.6. The van der Waals surface area contributed by atoms with Gasteiger partial charge in [-0.2, -0.15) is 8.42 Å². The van der Waals surface area contributed by atoms with E-state index >= 15 is 0 Å². The van der Waals surface area contributed by atoms with Crippen LogP contribution in [0.1, 0.15) is 61.7 Å². The highest BCUT2D eigenvalue weighted by Crippen LogP contribution is 2.45. The van der Waals surface area contributed by atoms with Crippen molar-refractivity contribution in [1.82, 2.24) is 15.1 Å². The average molecular weight is 490 g/mol. The first-order chi connectivity index (χ1) is 16.4. The molecular weight excluding hydrogens is 453 g/mol. The number of benzene rings is 1. The number of hydrogen-bond acceptors (Lipinski definition) is 5. The molecule has 1 N–H and O–H groups in total. The molecule has 4 aliphatic rings. The Hall–Kier alpha value is -1.77. The molecule has 3 heterocycles. The number of likely N-dealkylation sites (tertiary alicyclic amines) is 1. The molecule has 3 fully saturated rings. The van der Waals surface area contributed by atoms with Crippen molar-refractivity contribution in [1.29, 1.82) is 0 Å². The fourth-order valence-electron chi connectivity index (χ4n) is 6.85. The summed E-state index contributed by atoms with van der Waals surface area (Å²) in [4.78, 5) is 17.4. The van der Waals surface area contributed by atoms with Gasteiger partial charge in [0.25, 0.3) is 5.91 Å². The van der Waals surface area contributed by atoms with Crippen LogP contribution in [0.4, 0.5) is 3.89 Å². The molecule has 2 bridgehead atoms. The molecule has 1 aromatic carbocycles. The van der Waals surface area contributed by atoms with E-state index in [0.717, 1.165) is 49.4 Å². The molecule has 186 valence electrons. The summed E-state index contributed by atoms with van der Waals surface area (Å²) >= 11 is 0. The van der Waals surface area contributed by atoms with Crippen LogP contribution in [0.2, 0.25) is 0 Å². The van der Waals surface area contributed by atoms with Crippen LogP contribution >= 0.6 is 0 Å². The Labute approximate surface area is 202 Å². The number of carbonyl (C=O) groups is 1. The lowest BCUT2D eigenvalue weighted by molar-refractivity contribution is -0.000934. The molecule has 0 spiro atoms. The number of piperidine rings is 3. The number of rotatable bonds is 7.